The zero-order valence-corrected chi connectivity index (χ0v) is 33.3. The lowest BCUT2D eigenvalue weighted by Gasteiger charge is -2.58. The smallest absolute Gasteiger partial charge is 0.245 e. The van der Waals surface area contributed by atoms with Crippen molar-refractivity contribution < 1.29 is 27.4 Å². The Labute approximate surface area is 342 Å². The quantitative estimate of drug-likeness (QED) is 0.268. The molecule has 15 nitrogen and oxygen atoms in total. The number of anilines is 3. The number of imidazole rings is 1. The topological polar surface area (TPSA) is 135 Å². The number of rotatable bonds is 5. The van der Waals surface area contributed by atoms with Crippen LogP contribution >= 0.6 is 0 Å². The highest BCUT2D eigenvalue weighted by atomic mass is 19.1. The number of amides is 1. The van der Waals surface area contributed by atoms with E-state index in [0.29, 0.717) is 76.8 Å². The average Bonchev–Trinajstić information content (AvgIpc) is 3.91. The van der Waals surface area contributed by atoms with Crippen molar-refractivity contribution in [2.24, 2.45) is 0 Å². The zero-order valence-electron chi connectivity index (χ0n) is 33.3. The van der Waals surface area contributed by atoms with Gasteiger partial charge in [0.25, 0.3) is 0 Å². The Morgan fingerprint density at radius 3 is 2.48 bits per heavy atom. The molecule has 1 N–H and O–H groups in total. The highest BCUT2D eigenvalue weighted by Gasteiger charge is 2.49. The van der Waals surface area contributed by atoms with Gasteiger partial charge in [-0.3, -0.25) is 9.69 Å². The third-order valence-corrected chi connectivity index (χ3v) is 12.9. The Balaban J connectivity index is 1.02. The zero-order chi connectivity index (χ0) is 41.0. The van der Waals surface area contributed by atoms with Gasteiger partial charge in [-0.05, 0) is 50.1 Å². The Morgan fingerprint density at radius 2 is 1.72 bits per heavy atom. The number of halogens is 3. The first-order chi connectivity index (χ1) is 29.1. The summed E-state index contributed by atoms with van der Waals surface area (Å²) in [4.78, 5) is 43.3. The number of carbonyl (C=O) groups is 1. The summed E-state index contributed by atoms with van der Waals surface area (Å²) in [6, 6.07) is 11.6. The molecule has 0 spiro atoms. The first kappa shape index (κ1) is 37.2. The van der Waals surface area contributed by atoms with Crippen LogP contribution in [-0.2, 0) is 20.8 Å². The van der Waals surface area contributed by atoms with E-state index in [4.69, 9.17) is 29.4 Å². The number of benzene rings is 2. The molecule has 60 heavy (non-hydrogen) atoms. The van der Waals surface area contributed by atoms with Crippen LogP contribution in [0.3, 0.4) is 0 Å². The van der Waals surface area contributed by atoms with Gasteiger partial charge < -0.3 is 34.1 Å². The predicted octanol–water partition coefficient (Wildman–Crippen LogP) is 4.16. The average molecular weight is 821 g/mol. The van der Waals surface area contributed by atoms with Gasteiger partial charge in [0.1, 0.15) is 40.8 Å². The lowest BCUT2D eigenvalue weighted by molar-refractivity contribution is -0.132. The predicted molar refractivity (Wildman–Crippen MR) is 217 cm³/mol. The molecule has 18 heteroatoms. The highest BCUT2D eigenvalue weighted by Crippen LogP contribution is 2.41. The Morgan fingerprint density at radius 1 is 0.883 bits per heavy atom. The van der Waals surface area contributed by atoms with Gasteiger partial charge in [-0.25, -0.2) is 27.8 Å². The molecule has 5 saturated heterocycles. The van der Waals surface area contributed by atoms with Crippen molar-refractivity contribution in [3.63, 3.8) is 0 Å². The molecule has 2 unspecified atom stereocenters. The standard InChI is InChI=1S/C42H43F3N12O3/c1-22-47-34-11-24(44)9-30-33-5-4-6-37(49-33)48-25-12-36(41(58)52(2)18-29(59-3)19-54(22)38(30)34)55(15-25)39-31-14-46-57(35-8-7-23(43)10-32(35)45)40(31)51-42(50-39)56-26-13-27(56)17-53(16-26)28-20-60-21-28/h4-11,14,25-29,36H,12-13,15-21H2,1-3H3,(H,48,49)/t25-,26?,27?,29-,36-/m0/s1. The van der Waals surface area contributed by atoms with Crippen LogP contribution in [0.15, 0.2) is 54.7 Å². The monoisotopic (exact) mass is 820 g/mol. The van der Waals surface area contributed by atoms with Crippen LogP contribution in [0.4, 0.5) is 30.8 Å². The second-order valence-corrected chi connectivity index (χ2v) is 16.7. The number of aromatic nitrogens is 7. The molecule has 4 aromatic heterocycles. The van der Waals surface area contributed by atoms with Crippen molar-refractivity contribution in [3.05, 3.63) is 78.0 Å². The molecule has 2 aromatic carbocycles. The summed E-state index contributed by atoms with van der Waals surface area (Å²) in [6.07, 6.45) is 2.53. The van der Waals surface area contributed by atoms with E-state index in [1.54, 1.807) is 25.3 Å². The van der Waals surface area contributed by atoms with Crippen LogP contribution < -0.4 is 15.1 Å². The Kier molecular flexibility index (Phi) is 8.75. The second kappa shape index (κ2) is 14.1. The molecule has 6 bridgehead atoms. The van der Waals surface area contributed by atoms with Crippen molar-refractivity contribution in [3.8, 4) is 16.9 Å². The van der Waals surface area contributed by atoms with E-state index in [9.17, 15) is 9.18 Å². The summed E-state index contributed by atoms with van der Waals surface area (Å²) in [5, 5.41) is 8.69. The minimum atomic E-state index is -0.784. The van der Waals surface area contributed by atoms with Gasteiger partial charge in [0, 0.05) is 76.2 Å². The number of hydrogen-bond donors (Lipinski definition) is 1. The van der Waals surface area contributed by atoms with Crippen molar-refractivity contribution >= 4 is 45.6 Å². The Hall–Kier alpha value is -5.85. The van der Waals surface area contributed by atoms with Gasteiger partial charge in [-0.15, -0.1) is 0 Å². The maximum atomic E-state index is 15.5. The van der Waals surface area contributed by atoms with Gasteiger partial charge in [0.05, 0.1) is 60.2 Å². The van der Waals surface area contributed by atoms with Crippen LogP contribution in [-0.4, -0.2) is 140 Å². The van der Waals surface area contributed by atoms with Gasteiger partial charge in [0.2, 0.25) is 11.9 Å². The van der Waals surface area contributed by atoms with E-state index in [0.717, 1.165) is 44.3 Å². The fraction of sp³-hybridized carbons (Fsp3) is 0.429. The van der Waals surface area contributed by atoms with Crippen molar-refractivity contribution in [1.29, 1.82) is 0 Å². The largest absolute Gasteiger partial charge is 0.378 e. The fourth-order valence-electron chi connectivity index (χ4n) is 9.86. The van der Waals surface area contributed by atoms with Gasteiger partial charge in [-0.2, -0.15) is 15.1 Å². The van der Waals surface area contributed by atoms with Crippen LogP contribution in [0.2, 0.25) is 0 Å². The van der Waals surface area contributed by atoms with E-state index in [2.05, 4.69) is 20.2 Å². The summed E-state index contributed by atoms with van der Waals surface area (Å²) < 4.78 is 59.6. The van der Waals surface area contributed by atoms with Crippen LogP contribution in [0.25, 0.3) is 39.0 Å². The molecule has 12 rings (SSSR count). The number of piperidine rings is 1. The summed E-state index contributed by atoms with van der Waals surface area (Å²) in [5.41, 5.74) is 2.79. The number of hydrogen-bond acceptors (Lipinski definition) is 12. The highest BCUT2D eigenvalue weighted by molar-refractivity contribution is 5.94. The fourth-order valence-corrected chi connectivity index (χ4v) is 9.86. The van der Waals surface area contributed by atoms with E-state index < -0.39 is 29.6 Å². The third-order valence-electron chi connectivity index (χ3n) is 12.9. The maximum absolute atomic E-state index is 15.5. The normalized spacial score (nSPS) is 24.7. The second-order valence-electron chi connectivity index (χ2n) is 16.7. The molecule has 0 radical (unpaired) electrons. The van der Waals surface area contributed by atoms with E-state index in [-0.39, 0.29) is 36.3 Å². The molecular formula is C42H43F3N12O3. The van der Waals surface area contributed by atoms with Gasteiger partial charge >= 0.3 is 0 Å². The number of fused-ring (bicyclic) bond motifs is 8. The molecule has 0 saturated carbocycles. The number of aryl methyl sites for hydroxylation is 1. The van der Waals surface area contributed by atoms with Crippen LogP contribution in [0.1, 0.15) is 18.7 Å². The van der Waals surface area contributed by atoms with Crippen molar-refractivity contribution in [2.45, 2.75) is 62.6 Å². The molecule has 310 valence electrons. The molecule has 5 fully saturated rings. The molecule has 5 atom stereocenters. The van der Waals surface area contributed by atoms with E-state index in [1.165, 1.54) is 28.9 Å². The molecule has 6 aliphatic heterocycles. The summed E-state index contributed by atoms with van der Waals surface area (Å²) >= 11 is 0. The van der Waals surface area contributed by atoms with E-state index >= 15 is 8.78 Å². The first-order valence-corrected chi connectivity index (χ1v) is 20.4. The number of methoxy groups -OCH3 is 1. The number of carbonyl (C=O) groups excluding carboxylic acids is 1. The minimum absolute atomic E-state index is 0.0418. The van der Waals surface area contributed by atoms with E-state index in [1.807, 2.05) is 34.6 Å². The lowest BCUT2D eigenvalue weighted by atomic mass is 9.86. The molecule has 10 heterocycles. The number of likely N-dealkylation sites (N-methyl/N-ethyl adjacent to an activating group) is 1. The number of nitrogens with zero attached hydrogens (tertiary/aromatic N) is 11. The Bertz CT molecular complexity index is 2680. The summed E-state index contributed by atoms with van der Waals surface area (Å²) in [6.45, 7) is 5.96. The van der Waals surface area contributed by atoms with Gasteiger partial charge in [0.15, 0.2) is 11.5 Å². The summed E-state index contributed by atoms with van der Waals surface area (Å²) in [5.74, 6) is 0.144. The van der Waals surface area contributed by atoms with Crippen LogP contribution in [0.5, 0.6) is 0 Å². The molecular weight excluding hydrogens is 778 g/mol. The minimum Gasteiger partial charge on any atom is -0.378 e. The number of ether oxygens (including phenoxy) is 2. The van der Waals surface area contributed by atoms with Gasteiger partial charge in [-0.1, -0.05) is 6.07 Å². The maximum Gasteiger partial charge on any atom is 0.245 e. The lowest BCUT2D eigenvalue weighted by Crippen LogP contribution is -2.72. The number of nitrogens with one attached hydrogen (secondary N) is 1. The number of pyridine rings is 1. The molecule has 6 aliphatic rings. The third kappa shape index (κ3) is 6.05. The molecule has 0 aliphatic carbocycles. The van der Waals surface area contributed by atoms with Crippen molar-refractivity contribution in [2.75, 3.05) is 68.7 Å². The first-order valence-electron chi connectivity index (χ1n) is 20.4. The molecule has 1 amide bonds. The summed E-state index contributed by atoms with van der Waals surface area (Å²) in [7, 11) is 3.39. The number of piperazine rings is 1. The van der Waals surface area contributed by atoms with Crippen LogP contribution in [0, 0.1) is 24.4 Å². The SMILES string of the molecule is CO[C@H]1CN(C)C(=O)[C@@H]2C[C@@H](CN2c2nc(N3C4CC3CN(C3COC3)C4)nc3c2cnn3-c2ccc(F)cc2F)Nc2cccc(n2)-c2cc(F)cc3nc(C)n(c23)C1. The van der Waals surface area contributed by atoms with Crippen molar-refractivity contribution in [1.82, 2.24) is 44.1 Å². The molecule has 6 aromatic rings.